The summed E-state index contributed by atoms with van der Waals surface area (Å²) >= 11 is 6.62. The molecule has 1 N–H and O–H groups in total. The lowest BCUT2D eigenvalue weighted by molar-refractivity contribution is -0.138. The Morgan fingerprint density at radius 1 is 1.20 bits per heavy atom. The molecule has 5 rings (SSSR count). The molecule has 1 atom stereocenters. The van der Waals surface area contributed by atoms with Crippen LogP contribution >= 0.6 is 11.6 Å². The molecule has 0 bridgehead atoms. The molecule has 2 heterocycles. The number of nitrogens with one attached hydrogen (secondary N) is 1. The van der Waals surface area contributed by atoms with Gasteiger partial charge < -0.3 is 19.5 Å². The lowest BCUT2D eigenvalue weighted by Crippen LogP contribution is -2.29. The third-order valence-corrected chi connectivity index (χ3v) is 5.87. The van der Waals surface area contributed by atoms with Gasteiger partial charge in [-0.05, 0) is 25.5 Å². The van der Waals surface area contributed by atoms with Crippen molar-refractivity contribution in [3.63, 3.8) is 0 Å². The van der Waals surface area contributed by atoms with Crippen molar-refractivity contribution >= 4 is 29.1 Å². The van der Waals surface area contributed by atoms with E-state index in [1.807, 2.05) is 18.2 Å². The Hall–Kier alpha value is -3.25. The Kier molecular flexibility index (Phi) is 4.33. The molecule has 3 aliphatic rings. The first kappa shape index (κ1) is 18.8. The number of benzene rings is 2. The van der Waals surface area contributed by atoms with E-state index in [2.05, 4.69) is 5.32 Å². The summed E-state index contributed by atoms with van der Waals surface area (Å²) < 4.78 is 16.3. The molecule has 0 fully saturated rings. The largest absolute Gasteiger partial charge is 0.463 e. The molecule has 0 saturated heterocycles. The van der Waals surface area contributed by atoms with Gasteiger partial charge in [-0.15, -0.1) is 0 Å². The number of hydrogen-bond donors (Lipinski definition) is 1. The van der Waals surface area contributed by atoms with Crippen molar-refractivity contribution in [2.24, 2.45) is 0 Å². The Labute approximate surface area is 178 Å². The highest BCUT2D eigenvalue weighted by molar-refractivity contribution is 6.32. The zero-order valence-corrected chi connectivity index (χ0v) is 17.1. The molecule has 7 heteroatoms. The first-order valence-electron chi connectivity index (χ1n) is 9.63. The van der Waals surface area contributed by atoms with E-state index in [1.54, 1.807) is 32.0 Å². The molecule has 2 aromatic rings. The zero-order chi connectivity index (χ0) is 21.0. The standard InChI is InChI=1S/C23H18ClNO5/c1-3-28-23(27)18-11(2)25-21-12-6-4-5-7-13(12)22(26)20(21)19(18)14-8-16-17(9-15(14)24)30-10-29-16/h4-9,19,25H,3,10H2,1-2H3/t19-/m1/s1. The number of fused-ring (bicyclic) bond motifs is 3. The predicted molar refractivity (Wildman–Crippen MR) is 110 cm³/mol. The van der Waals surface area contributed by atoms with Crippen molar-refractivity contribution in [2.45, 2.75) is 19.8 Å². The number of dihydropyridines is 1. The quantitative estimate of drug-likeness (QED) is 0.746. The average molecular weight is 424 g/mol. The normalized spacial score (nSPS) is 18.9. The van der Waals surface area contributed by atoms with Gasteiger partial charge in [0.1, 0.15) is 0 Å². The summed E-state index contributed by atoms with van der Waals surface area (Å²) in [5.41, 5.74) is 4.15. The average Bonchev–Trinajstić information content (AvgIpc) is 3.29. The van der Waals surface area contributed by atoms with E-state index in [4.69, 9.17) is 25.8 Å². The molecule has 1 aliphatic carbocycles. The van der Waals surface area contributed by atoms with E-state index in [-0.39, 0.29) is 19.2 Å². The molecular weight excluding hydrogens is 406 g/mol. The van der Waals surface area contributed by atoms with Crippen LogP contribution in [0.15, 0.2) is 53.2 Å². The van der Waals surface area contributed by atoms with Gasteiger partial charge in [0.05, 0.1) is 23.8 Å². The number of halogens is 1. The zero-order valence-electron chi connectivity index (χ0n) is 16.4. The van der Waals surface area contributed by atoms with Gasteiger partial charge in [0.2, 0.25) is 6.79 Å². The summed E-state index contributed by atoms with van der Waals surface area (Å²) in [6.07, 6.45) is 0. The van der Waals surface area contributed by atoms with E-state index < -0.39 is 11.9 Å². The third kappa shape index (κ3) is 2.64. The predicted octanol–water partition coefficient (Wildman–Crippen LogP) is 4.20. The topological polar surface area (TPSA) is 73.9 Å². The minimum atomic E-state index is -0.692. The van der Waals surface area contributed by atoms with Crippen molar-refractivity contribution in [3.05, 3.63) is 75.0 Å². The van der Waals surface area contributed by atoms with Crippen molar-refractivity contribution in [1.29, 1.82) is 0 Å². The molecule has 0 aromatic heterocycles. The minimum Gasteiger partial charge on any atom is -0.463 e. The number of carbonyl (C=O) groups excluding carboxylic acids is 2. The van der Waals surface area contributed by atoms with Gasteiger partial charge in [-0.2, -0.15) is 0 Å². The second kappa shape index (κ2) is 6.92. The smallest absolute Gasteiger partial charge is 0.336 e. The molecule has 152 valence electrons. The number of ether oxygens (including phenoxy) is 3. The molecular formula is C23H18ClNO5. The Balaban J connectivity index is 1.74. The number of Topliss-reactive ketones (excluding diaryl/α,β-unsaturated/α-hetero) is 1. The molecule has 6 nitrogen and oxygen atoms in total. The van der Waals surface area contributed by atoms with Crippen LogP contribution in [0.25, 0.3) is 5.70 Å². The van der Waals surface area contributed by atoms with Crippen LogP contribution in [0.5, 0.6) is 11.5 Å². The Morgan fingerprint density at radius 2 is 1.90 bits per heavy atom. The summed E-state index contributed by atoms with van der Waals surface area (Å²) in [4.78, 5) is 26.4. The van der Waals surface area contributed by atoms with Crippen LogP contribution in [-0.4, -0.2) is 25.2 Å². The van der Waals surface area contributed by atoms with Crippen LogP contribution in [0, 0.1) is 0 Å². The summed E-state index contributed by atoms with van der Waals surface area (Å²) in [5.74, 6) is -0.259. The highest BCUT2D eigenvalue weighted by atomic mass is 35.5. The van der Waals surface area contributed by atoms with Crippen LogP contribution in [0.1, 0.15) is 41.3 Å². The fourth-order valence-electron chi connectivity index (χ4n) is 4.27. The van der Waals surface area contributed by atoms with Crippen molar-refractivity contribution in [1.82, 2.24) is 5.32 Å². The van der Waals surface area contributed by atoms with Gasteiger partial charge in [-0.1, -0.05) is 35.9 Å². The summed E-state index contributed by atoms with van der Waals surface area (Å²) in [5, 5.41) is 3.65. The van der Waals surface area contributed by atoms with E-state index in [0.29, 0.717) is 50.2 Å². The molecule has 0 saturated carbocycles. The molecule has 2 aliphatic heterocycles. The Bertz CT molecular complexity index is 1180. The van der Waals surface area contributed by atoms with E-state index in [0.717, 1.165) is 5.56 Å². The molecule has 0 radical (unpaired) electrons. The van der Waals surface area contributed by atoms with Crippen LogP contribution in [0.2, 0.25) is 5.02 Å². The summed E-state index contributed by atoms with van der Waals surface area (Å²) in [6, 6.07) is 10.8. The number of rotatable bonds is 3. The first-order chi connectivity index (χ1) is 14.5. The van der Waals surface area contributed by atoms with Crippen molar-refractivity contribution in [3.8, 4) is 11.5 Å². The first-order valence-corrected chi connectivity index (χ1v) is 10.0. The second-order valence-corrected chi connectivity index (χ2v) is 7.61. The van der Waals surface area contributed by atoms with Gasteiger partial charge in [-0.25, -0.2) is 4.79 Å². The fourth-order valence-corrected chi connectivity index (χ4v) is 4.54. The molecule has 30 heavy (non-hydrogen) atoms. The summed E-state index contributed by atoms with van der Waals surface area (Å²) in [6.45, 7) is 3.86. The van der Waals surface area contributed by atoms with Crippen LogP contribution in [-0.2, 0) is 9.53 Å². The lowest BCUT2D eigenvalue weighted by Gasteiger charge is -2.29. The maximum Gasteiger partial charge on any atom is 0.336 e. The van der Waals surface area contributed by atoms with Gasteiger partial charge in [0.15, 0.2) is 17.3 Å². The minimum absolute atomic E-state index is 0.0965. The van der Waals surface area contributed by atoms with Gasteiger partial charge in [0, 0.05) is 33.5 Å². The second-order valence-electron chi connectivity index (χ2n) is 7.21. The van der Waals surface area contributed by atoms with E-state index in [9.17, 15) is 9.59 Å². The van der Waals surface area contributed by atoms with E-state index >= 15 is 0 Å². The fraction of sp³-hybridized carbons (Fsp3) is 0.217. The molecule has 0 unspecified atom stereocenters. The number of esters is 1. The van der Waals surface area contributed by atoms with Crippen molar-refractivity contribution in [2.75, 3.05) is 13.4 Å². The Morgan fingerprint density at radius 3 is 2.63 bits per heavy atom. The van der Waals surface area contributed by atoms with Gasteiger partial charge in [-0.3, -0.25) is 4.79 Å². The number of hydrogen-bond acceptors (Lipinski definition) is 6. The van der Waals surface area contributed by atoms with Crippen LogP contribution in [0.4, 0.5) is 0 Å². The monoisotopic (exact) mass is 423 g/mol. The maximum absolute atomic E-state index is 13.4. The van der Waals surface area contributed by atoms with Crippen molar-refractivity contribution < 1.29 is 23.8 Å². The van der Waals surface area contributed by atoms with Crippen LogP contribution < -0.4 is 14.8 Å². The number of allylic oxidation sites excluding steroid dienone is 2. The van der Waals surface area contributed by atoms with Gasteiger partial charge in [0.25, 0.3) is 0 Å². The van der Waals surface area contributed by atoms with Crippen LogP contribution in [0.3, 0.4) is 0 Å². The SMILES string of the molecule is CCOC(=O)C1=C(C)NC2=C(C(=O)c3ccccc32)[C@@H]1c1cc2c(cc1Cl)OCO2. The third-order valence-electron chi connectivity index (χ3n) is 5.55. The summed E-state index contributed by atoms with van der Waals surface area (Å²) in [7, 11) is 0. The molecule has 2 aromatic carbocycles. The highest BCUT2D eigenvalue weighted by Gasteiger charge is 2.44. The lowest BCUT2D eigenvalue weighted by atomic mass is 9.79. The molecule has 0 spiro atoms. The van der Waals surface area contributed by atoms with Gasteiger partial charge >= 0.3 is 5.97 Å². The van der Waals surface area contributed by atoms with E-state index in [1.165, 1.54) is 0 Å². The number of carbonyl (C=O) groups is 2. The number of ketones is 1. The molecule has 0 amide bonds. The maximum atomic E-state index is 13.4. The highest BCUT2D eigenvalue weighted by Crippen LogP contribution is 2.50.